The monoisotopic (exact) mass is 256 g/mol. The third-order valence-electron chi connectivity index (χ3n) is 1.93. The van der Waals surface area contributed by atoms with E-state index in [2.05, 4.69) is 21.2 Å². The van der Waals surface area contributed by atoms with Gasteiger partial charge in [0.2, 0.25) is 5.91 Å². The standard InChI is InChI=1S/C10H13BrN2O/c1-7(13-10(14)6-12)8-4-2-3-5-9(8)11/h2-5,7H,6,12H2,1H3,(H,13,14). The van der Waals surface area contributed by atoms with Crippen molar-refractivity contribution in [3.63, 3.8) is 0 Å². The van der Waals surface area contributed by atoms with Crippen LogP contribution in [0.15, 0.2) is 28.7 Å². The fourth-order valence-electron chi connectivity index (χ4n) is 1.20. The Balaban J connectivity index is 2.74. The molecule has 76 valence electrons. The second-order valence-corrected chi connectivity index (χ2v) is 3.87. The van der Waals surface area contributed by atoms with Crippen molar-refractivity contribution in [3.8, 4) is 0 Å². The third kappa shape index (κ3) is 2.82. The van der Waals surface area contributed by atoms with Gasteiger partial charge in [-0.1, -0.05) is 34.1 Å². The van der Waals surface area contributed by atoms with Gasteiger partial charge < -0.3 is 11.1 Å². The van der Waals surface area contributed by atoms with Crippen molar-refractivity contribution in [3.05, 3.63) is 34.3 Å². The molecule has 0 aliphatic carbocycles. The average molecular weight is 257 g/mol. The van der Waals surface area contributed by atoms with Crippen LogP contribution in [0.25, 0.3) is 0 Å². The molecule has 0 fully saturated rings. The Hall–Kier alpha value is -0.870. The lowest BCUT2D eigenvalue weighted by Crippen LogP contribution is -2.32. The molecule has 4 heteroatoms. The van der Waals surface area contributed by atoms with Crippen LogP contribution in [0.3, 0.4) is 0 Å². The molecular weight excluding hydrogens is 244 g/mol. The van der Waals surface area contributed by atoms with Gasteiger partial charge in [0.05, 0.1) is 12.6 Å². The number of nitrogens with one attached hydrogen (secondary N) is 1. The molecule has 1 aromatic rings. The topological polar surface area (TPSA) is 55.1 Å². The summed E-state index contributed by atoms with van der Waals surface area (Å²) in [7, 11) is 0. The second-order valence-electron chi connectivity index (χ2n) is 3.01. The van der Waals surface area contributed by atoms with Gasteiger partial charge in [-0.3, -0.25) is 4.79 Å². The van der Waals surface area contributed by atoms with Crippen LogP contribution in [0.4, 0.5) is 0 Å². The second kappa shape index (κ2) is 5.12. The summed E-state index contributed by atoms with van der Waals surface area (Å²) < 4.78 is 0.991. The van der Waals surface area contributed by atoms with Crippen molar-refractivity contribution in [1.82, 2.24) is 5.32 Å². The van der Waals surface area contributed by atoms with Crippen molar-refractivity contribution in [1.29, 1.82) is 0 Å². The maximum Gasteiger partial charge on any atom is 0.234 e. The molecule has 0 bridgehead atoms. The lowest BCUT2D eigenvalue weighted by atomic mass is 10.1. The first-order chi connectivity index (χ1) is 6.65. The SMILES string of the molecule is CC(NC(=O)CN)c1ccccc1Br. The minimum atomic E-state index is -0.145. The highest BCUT2D eigenvalue weighted by atomic mass is 79.9. The first kappa shape index (κ1) is 11.2. The predicted octanol–water partition coefficient (Wildman–Crippen LogP) is 1.58. The molecule has 3 nitrogen and oxygen atoms in total. The number of carbonyl (C=O) groups excluding carboxylic acids is 1. The molecule has 0 spiro atoms. The Morgan fingerprint density at radius 2 is 2.21 bits per heavy atom. The molecule has 0 aliphatic rings. The van der Waals surface area contributed by atoms with Gasteiger partial charge in [0.1, 0.15) is 0 Å². The normalized spacial score (nSPS) is 12.2. The van der Waals surface area contributed by atoms with Crippen LogP contribution in [-0.4, -0.2) is 12.5 Å². The van der Waals surface area contributed by atoms with Gasteiger partial charge in [0.15, 0.2) is 0 Å². The smallest absolute Gasteiger partial charge is 0.234 e. The molecule has 1 rings (SSSR count). The number of rotatable bonds is 3. The van der Waals surface area contributed by atoms with E-state index in [1.165, 1.54) is 0 Å². The van der Waals surface area contributed by atoms with Crippen molar-refractivity contribution in [2.75, 3.05) is 6.54 Å². The number of benzene rings is 1. The maximum atomic E-state index is 11.1. The van der Waals surface area contributed by atoms with Crippen molar-refractivity contribution in [2.45, 2.75) is 13.0 Å². The minimum absolute atomic E-state index is 0.0226. The van der Waals surface area contributed by atoms with Crippen LogP contribution in [0, 0.1) is 0 Å². The van der Waals surface area contributed by atoms with Crippen LogP contribution < -0.4 is 11.1 Å². The molecule has 0 aromatic heterocycles. The Labute approximate surface area is 91.8 Å². The zero-order valence-corrected chi connectivity index (χ0v) is 9.54. The van der Waals surface area contributed by atoms with E-state index in [0.717, 1.165) is 10.0 Å². The Bertz CT molecular complexity index is 328. The highest BCUT2D eigenvalue weighted by Crippen LogP contribution is 2.22. The van der Waals surface area contributed by atoms with Gasteiger partial charge in [-0.15, -0.1) is 0 Å². The molecule has 0 radical (unpaired) electrons. The summed E-state index contributed by atoms with van der Waals surface area (Å²) in [5, 5.41) is 2.79. The van der Waals surface area contributed by atoms with Gasteiger partial charge in [-0.2, -0.15) is 0 Å². The molecular formula is C10H13BrN2O. The highest BCUT2D eigenvalue weighted by molar-refractivity contribution is 9.10. The Morgan fingerprint density at radius 1 is 1.57 bits per heavy atom. The largest absolute Gasteiger partial charge is 0.348 e. The van der Waals surface area contributed by atoms with Crippen LogP contribution >= 0.6 is 15.9 Å². The fraction of sp³-hybridized carbons (Fsp3) is 0.300. The number of nitrogens with two attached hydrogens (primary N) is 1. The van der Waals surface area contributed by atoms with Crippen LogP contribution in [0.2, 0.25) is 0 Å². The molecule has 1 aromatic carbocycles. The third-order valence-corrected chi connectivity index (χ3v) is 2.66. The summed E-state index contributed by atoms with van der Waals surface area (Å²) in [5.41, 5.74) is 6.26. The number of hydrogen-bond acceptors (Lipinski definition) is 2. The molecule has 0 aliphatic heterocycles. The van der Waals surface area contributed by atoms with E-state index in [4.69, 9.17) is 5.73 Å². The Morgan fingerprint density at radius 3 is 2.79 bits per heavy atom. The number of amides is 1. The van der Waals surface area contributed by atoms with E-state index in [1.54, 1.807) is 0 Å². The van der Waals surface area contributed by atoms with Gasteiger partial charge in [-0.25, -0.2) is 0 Å². The zero-order valence-electron chi connectivity index (χ0n) is 7.96. The summed E-state index contributed by atoms with van der Waals surface area (Å²) in [6.45, 7) is 1.95. The molecule has 3 N–H and O–H groups in total. The molecule has 0 saturated carbocycles. The van der Waals surface area contributed by atoms with E-state index in [9.17, 15) is 4.79 Å². The summed E-state index contributed by atoms with van der Waals surface area (Å²) in [6, 6.07) is 7.75. The quantitative estimate of drug-likeness (QED) is 0.863. The molecule has 0 heterocycles. The molecule has 0 saturated heterocycles. The molecule has 1 atom stereocenters. The van der Waals surface area contributed by atoms with Crippen molar-refractivity contribution >= 4 is 21.8 Å². The molecule has 14 heavy (non-hydrogen) atoms. The lowest BCUT2D eigenvalue weighted by Gasteiger charge is -2.14. The number of carbonyl (C=O) groups is 1. The van der Waals surface area contributed by atoms with E-state index in [0.29, 0.717) is 0 Å². The predicted molar refractivity (Wildman–Crippen MR) is 59.8 cm³/mol. The van der Waals surface area contributed by atoms with Crippen LogP contribution in [-0.2, 0) is 4.79 Å². The summed E-state index contributed by atoms with van der Waals surface area (Å²) >= 11 is 3.43. The highest BCUT2D eigenvalue weighted by Gasteiger charge is 2.10. The number of hydrogen-bond donors (Lipinski definition) is 2. The van der Waals surface area contributed by atoms with E-state index < -0.39 is 0 Å². The maximum absolute atomic E-state index is 11.1. The van der Waals surface area contributed by atoms with E-state index >= 15 is 0 Å². The molecule has 1 unspecified atom stereocenters. The Kier molecular flexibility index (Phi) is 4.10. The number of halogens is 1. The molecule has 1 amide bonds. The summed E-state index contributed by atoms with van der Waals surface area (Å²) in [5.74, 6) is -0.145. The summed E-state index contributed by atoms with van der Waals surface area (Å²) in [6.07, 6.45) is 0. The summed E-state index contributed by atoms with van der Waals surface area (Å²) in [4.78, 5) is 11.1. The van der Waals surface area contributed by atoms with Crippen LogP contribution in [0.1, 0.15) is 18.5 Å². The van der Waals surface area contributed by atoms with E-state index in [-0.39, 0.29) is 18.5 Å². The first-order valence-electron chi connectivity index (χ1n) is 4.39. The van der Waals surface area contributed by atoms with Gasteiger partial charge in [0, 0.05) is 4.47 Å². The van der Waals surface area contributed by atoms with Gasteiger partial charge >= 0.3 is 0 Å². The van der Waals surface area contributed by atoms with E-state index in [1.807, 2.05) is 31.2 Å². The van der Waals surface area contributed by atoms with Gasteiger partial charge in [-0.05, 0) is 18.6 Å². The fourth-order valence-corrected chi connectivity index (χ4v) is 1.83. The first-order valence-corrected chi connectivity index (χ1v) is 5.18. The van der Waals surface area contributed by atoms with Crippen molar-refractivity contribution in [2.24, 2.45) is 5.73 Å². The van der Waals surface area contributed by atoms with Crippen LogP contribution in [0.5, 0.6) is 0 Å². The van der Waals surface area contributed by atoms with Crippen molar-refractivity contribution < 1.29 is 4.79 Å². The van der Waals surface area contributed by atoms with Gasteiger partial charge in [0.25, 0.3) is 0 Å². The lowest BCUT2D eigenvalue weighted by molar-refractivity contribution is -0.120. The zero-order chi connectivity index (χ0) is 10.6. The average Bonchev–Trinajstić information content (AvgIpc) is 2.18. The minimum Gasteiger partial charge on any atom is -0.348 e.